The van der Waals surface area contributed by atoms with Crippen molar-refractivity contribution in [3.8, 4) is 0 Å². The standard InChI is InChI=1S/C20H19ClN2O/c1-20(2,3)14-8-9-16(17(21)11-14)19(24)23-15-10-13-6-4-5-7-18(13)22-12-15/h4-12H,1-3H3,(H,23,24). The summed E-state index contributed by atoms with van der Waals surface area (Å²) in [4.78, 5) is 16.9. The molecule has 3 nitrogen and oxygen atoms in total. The molecule has 0 spiro atoms. The summed E-state index contributed by atoms with van der Waals surface area (Å²) < 4.78 is 0. The second kappa shape index (κ2) is 6.25. The number of carbonyl (C=O) groups excluding carboxylic acids is 1. The first kappa shape index (κ1) is 16.5. The fourth-order valence-electron chi connectivity index (χ4n) is 2.50. The lowest BCUT2D eigenvalue weighted by Crippen LogP contribution is -2.15. The number of aromatic nitrogens is 1. The van der Waals surface area contributed by atoms with E-state index in [9.17, 15) is 4.79 Å². The van der Waals surface area contributed by atoms with Gasteiger partial charge in [-0.3, -0.25) is 9.78 Å². The number of nitrogens with one attached hydrogen (secondary N) is 1. The van der Waals surface area contributed by atoms with E-state index in [1.54, 1.807) is 12.3 Å². The van der Waals surface area contributed by atoms with E-state index >= 15 is 0 Å². The molecule has 0 atom stereocenters. The molecule has 0 fully saturated rings. The van der Waals surface area contributed by atoms with Crippen LogP contribution in [0.3, 0.4) is 0 Å². The zero-order valence-electron chi connectivity index (χ0n) is 13.9. The highest BCUT2D eigenvalue weighted by atomic mass is 35.5. The number of benzene rings is 2. The van der Waals surface area contributed by atoms with Crippen LogP contribution in [0.4, 0.5) is 5.69 Å². The van der Waals surface area contributed by atoms with Gasteiger partial charge in [-0.15, -0.1) is 0 Å². The molecule has 0 aliphatic heterocycles. The summed E-state index contributed by atoms with van der Waals surface area (Å²) in [6.07, 6.45) is 1.65. The lowest BCUT2D eigenvalue weighted by Gasteiger charge is -2.20. The van der Waals surface area contributed by atoms with E-state index in [2.05, 4.69) is 31.1 Å². The maximum absolute atomic E-state index is 12.5. The SMILES string of the molecule is CC(C)(C)c1ccc(C(=O)Nc2cnc3ccccc3c2)c(Cl)c1. The Bertz CT molecular complexity index is 913. The lowest BCUT2D eigenvalue weighted by molar-refractivity contribution is 0.102. The second-order valence-corrected chi connectivity index (χ2v) is 7.22. The van der Waals surface area contributed by atoms with Gasteiger partial charge in [0, 0.05) is 5.39 Å². The zero-order chi connectivity index (χ0) is 17.3. The summed E-state index contributed by atoms with van der Waals surface area (Å²) in [6.45, 7) is 6.33. The first-order valence-electron chi connectivity index (χ1n) is 7.81. The third-order valence-electron chi connectivity index (χ3n) is 3.93. The van der Waals surface area contributed by atoms with Crippen molar-refractivity contribution >= 4 is 34.1 Å². The third kappa shape index (κ3) is 3.41. The monoisotopic (exact) mass is 338 g/mol. The summed E-state index contributed by atoms with van der Waals surface area (Å²) in [6, 6.07) is 15.2. The third-order valence-corrected chi connectivity index (χ3v) is 4.24. The number of nitrogens with zero attached hydrogens (tertiary/aromatic N) is 1. The molecule has 0 unspecified atom stereocenters. The Balaban J connectivity index is 1.86. The maximum Gasteiger partial charge on any atom is 0.257 e. The van der Waals surface area contributed by atoms with E-state index < -0.39 is 0 Å². The smallest absolute Gasteiger partial charge is 0.257 e. The van der Waals surface area contributed by atoms with E-state index in [0.717, 1.165) is 16.5 Å². The van der Waals surface area contributed by atoms with Crippen LogP contribution in [0.25, 0.3) is 10.9 Å². The van der Waals surface area contributed by atoms with Gasteiger partial charge in [0.15, 0.2) is 0 Å². The lowest BCUT2D eigenvalue weighted by atomic mass is 9.86. The molecule has 0 aliphatic rings. The van der Waals surface area contributed by atoms with E-state index in [-0.39, 0.29) is 11.3 Å². The normalized spacial score (nSPS) is 11.5. The van der Waals surface area contributed by atoms with Crippen LogP contribution < -0.4 is 5.32 Å². The van der Waals surface area contributed by atoms with Crippen LogP contribution in [0.5, 0.6) is 0 Å². The van der Waals surface area contributed by atoms with Crippen LogP contribution in [-0.2, 0) is 5.41 Å². The Morgan fingerprint density at radius 3 is 2.54 bits per heavy atom. The Kier molecular flexibility index (Phi) is 4.29. The van der Waals surface area contributed by atoms with Crippen molar-refractivity contribution in [2.75, 3.05) is 5.32 Å². The van der Waals surface area contributed by atoms with Crippen LogP contribution in [0.2, 0.25) is 5.02 Å². The minimum absolute atomic E-state index is 0.0130. The molecule has 0 saturated heterocycles. The van der Waals surface area contributed by atoms with Crippen molar-refractivity contribution in [2.24, 2.45) is 0 Å². The van der Waals surface area contributed by atoms with Crippen molar-refractivity contribution in [1.29, 1.82) is 0 Å². The number of hydrogen-bond acceptors (Lipinski definition) is 2. The van der Waals surface area contributed by atoms with E-state index in [4.69, 9.17) is 11.6 Å². The molecule has 1 N–H and O–H groups in total. The summed E-state index contributed by atoms with van der Waals surface area (Å²) in [7, 11) is 0. The van der Waals surface area contributed by atoms with Crippen LogP contribution in [0.1, 0.15) is 36.7 Å². The maximum atomic E-state index is 12.5. The van der Waals surface area contributed by atoms with Gasteiger partial charge in [0.1, 0.15) is 0 Å². The molecule has 3 aromatic rings. The Morgan fingerprint density at radius 2 is 1.83 bits per heavy atom. The highest BCUT2D eigenvalue weighted by molar-refractivity contribution is 6.34. The van der Waals surface area contributed by atoms with Crippen molar-refractivity contribution in [3.63, 3.8) is 0 Å². The Hall–Kier alpha value is -2.39. The molecule has 122 valence electrons. The summed E-state index contributed by atoms with van der Waals surface area (Å²) in [5.41, 5.74) is 3.08. The first-order valence-corrected chi connectivity index (χ1v) is 8.18. The molecular weight excluding hydrogens is 320 g/mol. The van der Waals surface area contributed by atoms with E-state index in [1.165, 1.54) is 0 Å². The molecular formula is C20H19ClN2O. The molecule has 0 aliphatic carbocycles. The second-order valence-electron chi connectivity index (χ2n) is 6.82. The number of amides is 1. The van der Waals surface area contributed by atoms with Crippen molar-refractivity contribution in [1.82, 2.24) is 4.98 Å². The van der Waals surface area contributed by atoms with Crippen LogP contribution in [0, 0.1) is 0 Å². The van der Waals surface area contributed by atoms with E-state index in [1.807, 2.05) is 42.5 Å². The van der Waals surface area contributed by atoms with Gasteiger partial charge < -0.3 is 5.32 Å². The number of para-hydroxylation sites is 1. The summed E-state index contributed by atoms with van der Waals surface area (Å²) in [5.74, 6) is -0.238. The molecule has 0 bridgehead atoms. The molecule has 1 aromatic heterocycles. The van der Waals surface area contributed by atoms with Crippen molar-refractivity contribution < 1.29 is 4.79 Å². The molecule has 1 amide bonds. The quantitative estimate of drug-likeness (QED) is 0.676. The Labute approximate surface area is 146 Å². The highest BCUT2D eigenvalue weighted by Crippen LogP contribution is 2.27. The van der Waals surface area contributed by atoms with Crippen molar-refractivity contribution in [3.05, 3.63) is 70.9 Å². The number of halogens is 1. The van der Waals surface area contributed by atoms with Gasteiger partial charge in [-0.1, -0.05) is 56.6 Å². The molecule has 3 rings (SSSR count). The fraction of sp³-hybridized carbons (Fsp3) is 0.200. The van der Waals surface area contributed by atoms with Gasteiger partial charge in [-0.05, 0) is 35.2 Å². The average molecular weight is 339 g/mol. The molecule has 0 radical (unpaired) electrons. The van der Waals surface area contributed by atoms with E-state index in [0.29, 0.717) is 16.3 Å². The molecule has 1 heterocycles. The van der Waals surface area contributed by atoms with Gasteiger partial charge in [-0.25, -0.2) is 0 Å². The minimum Gasteiger partial charge on any atom is -0.321 e. The predicted molar refractivity (Wildman–Crippen MR) is 99.8 cm³/mol. The highest BCUT2D eigenvalue weighted by Gasteiger charge is 2.17. The van der Waals surface area contributed by atoms with Gasteiger partial charge in [0.25, 0.3) is 5.91 Å². The van der Waals surface area contributed by atoms with Gasteiger partial charge in [-0.2, -0.15) is 0 Å². The topological polar surface area (TPSA) is 42.0 Å². The van der Waals surface area contributed by atoms with Crippen molar-refractivity contribution in [2.45, 2.75) is 26.2 Å². The summed E-state index contributed by atoms with van der Waals surface area (Å²) in [5, 5.41) is 4.29. The number of anilines is 1. The number of pyridine rings is 1. The number of carbonyl (C=O) groups is 1. The fourth-order valence-corrected chi connectivity index (χ4v) is 2.77. The van der Waals surface area contributed by atoms with Crippen LogP contribution >= 0.6 is 11.6 Å². The molecule has 24 heavy (non-hydrogen) atoms. The van der Waals surface area contributed by atoms with Crippen LogP contribution in [-0.4, -0.2) is 10.9 Å². The molecule has 0 saturated carbocycles. The zero-order valence-corrected chi connectivity index (χ0v) is 14.7. The Morgan fingerprint density at radius 1 is 1.08 bits per heavy atom. The number of hydrogen-bond donors (Lipinski definition) is 1. The average Bonchev–Trinajstić information content (AvgIpc) is 2.53. The minimum atomic E-state index is -0.238. The molecule has 2 aromatic carbocycles. The van der Waals surface area contributed by atoms with Crippen LogP contribution in [0.15, 0.2) is 54.7 Å². The van der Waals surface area contributed by atoms with Gasteiger partial charge >= 0.3 is 0 Å². The van der Waals surface area contributed by atoms with Gasteiger partial charge in [0.05, 0.1) is 28.0 Å². The largest absolute Gasteiger partial charge is 0.321 e. The first-order chi connectivity index (χ1) is 11.3. The molecule has 4 heteroatoms. The van der Waals surface area contributed by atoms with Gasteiger partial charge in [0.2, 0.25) is 0 Å². The number of fused-ring (bicyclic) bond motifs is 1. The number of rotatable bonds is 2. The summed E-state index contributed by atoms with van der Waals surface area (Å²) >= 11 is 6.32. The predicted octanol–water partition coefficient (Wildman–Crippen LogP) is 5.44.